The number of fused-ring (bicyclic) bond motifs is 7. The maximum atomic E-state index is 2.51. The monoisotopic (exact) mass is 663 g/mol. The maximum absolute atomic E-state index is 2.51. The summed E-state index contributed by atoms with van der Waals surface area (Å²) >= 11 is 0. The fourth-order valence-electron chi connectivity index (χ4n) is 8.60. The Labute approximate surface area is 304 Å². The molecule has 0 saturated heterocycles. The molecule has 1 nitrogen and oxygen atoms in total. The topological polar surface area (TPSA) is 3.24 Å². The lowest BCUT2D eigenvalue weighted by atomic mass is 9.74. The molecule has 0 fully saturated rings. The summed E-state index contributed by atoms with van der Waals surface area (Å²) in [5, 5.41) is 12.7. The highest BCUT2D eigenvalue weighted by atomic mass is 15.2. The highest BCUT2D eigenvalue weighted by Gasteiger charge is 2.30. The molecule has 1 aliphatic rings. The molecule has 0 heterocycles. The molecule has 0 aliphatic heterocycles. The van der Waals surface area contributed by atoms with E-state index in [1.165, 1.54) is 87.6 Å². The molecule has 1 unspecified atom stereocenters. The van der Waals surface area contributed by atoms with E-state index in [2.05, 4.69) is 206 Å². The number of anilines is 2. The third-order valence-electron chi connectivity index (χ3n) is 11.2. The lowest BCUT2D eigenvalue weighted by molar-refractivity contribution is 0.601. The average Bonchev–Trinajstić information content (AvgIpc) is 3.21. The van der Waals surface area contributed by atoms with Crippen LogP contribution in [-0.4, -0.2) is 0 Å². The number of hydrogen-bond donors (Lipinski definition) is 0. The SMILES string of the molecule is CC1(c2cccc3c2ccc2ccccc23)C=CC(N(c2ccc(-c3ccccc3)c3ccccc23)c2cc3ccccc3c3ccccc23)=CC1. The summed E-state index contributed by atoms with van der Waals surface area (Å²) in [4.78, 5) is 2.51. The Kier molecular flexibility index (Phi) is 7.08. The minimum absolute atomic E-state index is 0.165. The minimum atomic E-state index is -0.165. The van der Waals surface area contributed by atoms with Crippen molar-refractivity contribution in [3.8, 4) is 11.1 Å². The van der Waals surface area contributed by atoms with E-state index < -0.39 is 0 Å². The van der Waals surface area contributed by atoms with Crippen molar-refractivity contribution >= 4 is 65.2 Å². The van der Waals surface area contributed by atoms with Crippen LogP contribution >= 0.6 is 0 Å². The first-order valence-corrected chi connectivity index (χ1v) is 18.2. The van der Waals surface area contributed by atoms with Crippen LogP contribution in [-0.2, 0) is 5.41 Å². The van der Waals surface area contributed by atoms with Crippen molar-refractivity contribution < 1.29 is 0 Å². The average molecular weight is 664 g/mol. The predicted octanol–water partition coefficient (Wildman–Crippen LogP) is 14.1. The molecular formula is C51H37N. The fourth-order valence-corrected chi connectivity index (χ4v) is 8.60. The van der Waals surface area contributed by atoms with E-state index in [4.69, 9.17) is 0 Å². The van der Waals surface area contributed by atoms with Crippen LogP contribution in [0, 0.1) is 0 Å². The molecule has 0 radical (unpaired) electrons. The molecular weight excluding hydrogens is 627 g/mol. The zero-order valence-electron chi connectivity index (χ0n) is 29.1. The Morgan fingerprint density at radius 2 is 1.04 bits per heavy atom. The van der Waals surface area contributed by atoms with Gasteiger partial charge in [0.15, 0.2) is 0 Å². The van der Waals surface area contributed by atoms with Gasteiger partial charge >= 0.3 is 0 Å². The first-order valence-electron chi connectivity index (χ1n) is 18.2. The Morgan fingerprint density at radius 3 is 1.79 bits per heavy atom. The molecule has 0 N–H and O–H groups in total. The van der Waals surface area contributed by atoms with Crippen molar-refractivity contribution in [3.05, 3.63) is 205 Å². The van der Waals surface area contributed by atoms with E-state index in [1.807, 2.05) is 0 Å². The van der Waals surface area contributed by atoms with Gasteiger partial charge in [-0.3, -0.25) is 0 Å². The third kappa shape index (κ3) is 4.85. The van der Waals surface area contributed by atoms with Crippen molar-refractivity contribution in [3.63, 3.8) is 0 Å². The van der Waals surface area contributed by atoms with Crippen LogP contribution in [0.15, 0.2) is 200 Å². The zero-order valence-corrected chi connectivity index (χ0v) is 29.1. The van der Waals surface area contributed by atoms with Gasteiger partial charge in [-0.15, -0.1) is 0 Å². The number of hydrogen-bond acceptors (Lipinski definition) is 1. The van der Waals surface area contributed by atoms with Crippen LogP contribution in [0.2, 0.25) is 0 Å². The highest BCUT2D eigenvalue weighted by molar-refractivity contribution is 6.16. The quantitative estimate of drug-likeness (QED) is 0.166. The standard InChI is InChI=1S/C51H37N/c1-51(48-25-13-24-42-39-18-7-5-16-36(39)26-27-45(42)48)32-30-38(31-33-51)52(50-34-37-17-6-8-19-40(37)43-20-10-12-23-47(43)50)49-29-28-41(35-14-3-2-4-15-35)44-21-9-11-22-46(44)49/h2-32,34H,33H2,1H3. The summed E-state index contributed by atoms with van der Waals surface area (Å²) in [5.74, 6) is 0. The Balaban J connectivity index is 1.18. The molecule has 1 heteroatoms. The van der Waals surface area contributed by atoms with E-state index in [0.29, 0.717) is 0 Å². The molecule has 1 aliphatic carbocycles. The van der Waals surface area contributed by atoms with E-state index in [-0.39, 0.29) is 5.41 Å². The first-order chi connectivity index (χ1) is 25.7. The van der Waals surface area contributed by atoms with Gasteiger partial charge in [0.1, 0.15) is 0 Å². The molecule has 0 spiro atoms. The van der Waals surface area contributed by atoms with Crippen LogP contribution in [0.5, 0.6) is 0 Å². The number of nitrogens with zero attached hydrogens (tertiary/aromatic N) is 1. The largest absolute Gasteiger partial charge is 0.310 e. The second-order valence-corrected chi connectivity index (χ2v) is 14.3. The van der Waals surface area contributed by atoms with Crippen LogP contribution in [0.4, 0.5) is 11.4 Å². The van der Waals surface area contributed by atoms with Gasteiger partial charge in [-0.05, 0) is 84.4 Å². The van der Waals surface area contributed by atoms with Gasteiger partial charge in [-0.1, -0.05) is 183 Å². The number of allylic oxidation sites excluding steroid dienone is 3. The summed E-state index contributed by atoms with van der Waals surface area (Å²) in [7, 11) is 0. The van der Waals surface area contributed by atoms with Gasteiger partial charge in [0.25, 0.3) is 0 Å². The van der Waals surface area contributed by atoms with Gasteiger partial charge in [-0.2, -0.15) is 0 Å². The van der Waals surface area contributed by atoms with Gasteiger partial charge < -0.3 is 4.90 Å². The van der Waals surface area contributed by atoms with Crippen molar-refractivity contribution in [2.24, 2.45) is 0 Å². The number of benzene rings is 9. The molecule has 1 atom stereocenters. The van der Waals surface area contributed by atoms with Crippen LogP contribution in [0.1, 0.15) is 18.9 Å². The third-order valence-corrected chi connectivity index (χ3v) is 11.2. The van der Waals surface area contributed by atoms with Crippen LogP contribution < -0.4 is 4.90 Å². The van der Waals surface area contributed by atoms with Crippen LogP contribution in [0.3, 0.4) is 0 Å². The summed E-state index contributed by atoms with van der Waals surface area (Å²) in [6, 6.07) is 64.4. The molecule has 52 heavy (non-hydrogen) atoms. The summed E-state index contributed by atoms with van der Waals surface area (Å²) < 4.78 is 0. The lowest BCUT2D eigenvalue weighted by Crippen LogP contribution is -2.25. The zero-order chi connectivity index (χ0) is 34.6. The fraction of sp³-hybridized carbons (Fsp3) is 0.0588. The molecule has 0 aromatic heterocycles. The van der Waals surface area contributed by atoms with Crippen molar-refractivity contribution in [2.45, 2.75) is 18.8 Å². The summed E-state index contributed by atoms with van der Waals surface area (Å²) in [6.45, 7) is 2.39. The molecule has 10 rings (SSSR count). The van der Waals surface area contributed by atoms with Crippen LogP contribution in [0.25, 0.3) is 65.0 Å². The van der Waals surface area contributed by atoms with E-state index in [9.17, 15) is 0 Å². The number of rotatable bonds is 5. The summed E-state index contributed by atoms with van der Waals surface area (Å²) in [5.41, 5.74) is 7.21. The summed E-state index contributed by atoms with van der Waals surface area (Å²) in [6.07, 6.45) is 8.16. The highest BCUT2D eigenvalue weighted by Crippen LogP contribution is 2.46. The molecule has 9 aromatic carbocycles. The van der Waals surface area contributed by atoms with Gasteiger partial charge in [0.2, 0.25) is 0 Å². The molecule has 246 valence electrons. The van der Waals surface area contributed by atoms with Gasteiger partial charge in [-0.25, -0.2) is 0 Å². The smallest absolute Gasteiger partial charge is 0.0546 e. The molecule has 0 saturated carbocycles. The van der Waals surface area contributed by atoms with Crippen molar-refractivity contribution in [1.29, 1.82) is 0 Å². The molecule has 0 amide bonds. The lowest BCUT2D eigenvalue weighted by Gasteiger charge is -2.35. The Hall–Kier alpha value is -6.44. The van der Waals surface area contributed by atoms with Crippen molar-refractivity contribution in [2.75, 3.05) is 4.90 Å². The van der Waals surface area contributed by atoms with Gasteiger partial charge in [0.05, 0.1) is 11.4 Å². The normalized spacial score (nSPS) is 15.8. The minimum Gasteiger partial charge on any atom is -0.310 e. The Bertz CT molecular complexity index is 2900. The predicted molar refractivity (Wildman–Crippen MR) is 224 cm³/mol. The second-order valence-electron chi connectivity index (χ2n) is 14.3. The van der Waals surface area contributed by atoms with E-state index in [1.54, 1.807) is 0 Å². The Morgan fingerprint density at radius 1 is 0.442 bits per heavy atom. The van der Waals surface area contributed by atoms with Crippen molar-refractivity contribution in [1.82, 2.24) is 0 Å². The maximum Gasteiger partial charge on any atom is 0.0546 e. The van der Waals surface area contributed by atoms with E-state index >= 15 is 0 Å². The molecule has 0 bridgehead atoms. The first kappa shape index (κ1) is 30.4. The van der Waals surface area contributed by atoms with E-state index in [0.717, 1.165) is 6.42 Å². The van der Waals surface area contributed by atoms with Gasteiger partial charge in [0, 0.05) is 21.9 Å². The molecule has 9 aromatic rings. The second kappa shape index (κ2) is 12.1.